The second-order valence-electron chi connectivity index (χ2n) is 5.83. The number of aromatic nitrogens is 2. The fraction of sp³-hybridized carbons (Fsp3) is 0.167. The summed E-state index contributed by atoms with van der Waals surface area (Å²) >= 11 is 0. The van der Waals surface area contributed by atoms with Gasteiger partial charge in [-0.1, -0.05) is 18.2 Å². The van der Waals surface area contributed by atoms with E-state index in [1.165, 1.54) is 5.01 Å². The Bertz CT molecular complexity index is 915. The molecule has 7 heteroatoms. The summed E-state index contributed by atoms with van der Waals surface area (Å²) in [5.41, 5.74) is 6.85. The third-order valence-electron chi connectivity index (χ3n) is 3.93. The van der Waals surface area contributed by atoms with Crippen LogP contribution in [0.15, 0.2) is 42.5 Å². The van der Waals surface area contributed by atoms with Gasteiger partial charge in [-0.25, -0.2) is 4.98 Å². The molecule has 0 atom stereocenters. The maximum absolute atomic E-state index is 12.1. The van der Waals surface area contributed by atoms with Gasteiger partial charge in [0.25, 0.3) is 0 Å². The Hall–Kier alpha value is -3.35. The smallest absolute Gasteiger partial charge is 0.323 e. The topological polar surface area (TPSA) is 90.1 Å². The van der Waals surface area contributed by atoms with Crippen molar-refractivity contribution in [2.24, 2.45) is 0 Å². The highest BCUT2D eigenvalue weighted by atomic mass is 16.2. The number of para-hydroxylation sites is 2. The molecule has 1 aromatic heterocycles. The summed E-state index contributed by atoms with van der Waals surface area (Å²) in [5, 5.41) is 3.96. The molecule has 1 heterocycles. The third kappa shape index (κ3) is 3.60. The summed E-state index contributed by atoms with van der Waals surface area (Å²) in [6.45, 7) is 3.93. The van der Waals surface area contributed by atoms with E-state index in [0.29, 0.717) is 11.6 Å². The fourth-order valence-electron chi connectivity index (χ4n) is 2.36. The van der Waals surface area contributed by atoms with Gasteiger partial charge in [0.15, 0.2) is 0 Å². The standard InChI is InChI=1S/C18H19N5O2/c1-11-8-9-13(10-12(11)2)19-16(24)17(25)22-23(3)18-20-14-6-4-5-7-15(14)21-18/h4-10H,1-3H3,(H,19,24)(H,20,21)(H,22,25). The molecule has 0 fully saturated rings. The third-order valence-corrected chi connectivity index (χ3v) is 3.93. The maximum atomic E-state index is 12.1. The predicted molar refractivity (Wildman–Crippen MR) is 97.2 cm³/mol. The number of benzene rings is 2. The summed E-state index contributed by atoms with van der Waals surface area (Å²) < 4.78 is 0. The average molecular weight is 337 g/mol. The first-order valence-corrected chi connectivity index (χ1v) is 7.82. The number of carbonyl (C=O) groups excluding carboxylic acids is 2. The highest BCUT2D eigenvalue weighted by Gasteiger charge is 2.17. The van der Waals surface area contributed by atoms with Crippen molar-refractivity contribution in [2.75, 3.05) is 17.4 Å². The number of amides is 2. The number of aromatic amines is 1. The number of nitrogens with zero attached hydrogens (tertiary/aromatic N) is 2. The number of fused-ring (bicyclic) bond motifs is 1. The average Bonchev–Trinajstić information content (AvgIpc) is 3.02. The summed E-state index contributed by atoms with van der Waals surface area (Å²) in [5.74, 6) is -1.08. The first kappa shape index (κ1) is 16.5. The van der Waals surface area contributed by atoms with Crippen LogP contribution in [0.2, 0.25) is 0 Å². The molecule has 0 unspecified atom stereocenters. The summed E-state index contributed by atoms with van der Waals surface area (Å²) in [4.78, 5) is 31.6. The van der Waals surface area contributed by atoms with Gasteiger partial charge in [0.05, 0.1) is 11.0 Å². The molecule has 0 saturated carbocycles. The summed E-state index contributed by atoms with van der Waals surface area (Å²) in [6.07, 6.45) is 0. The molecule has 0 radical (unpaired) electrons. The number of hydrogen-bond donors (Lipinski definition) is 3. The van der Waals surface area contributed by atoms with Crippen LogP contribution in [0.1, 0.15) is 11.1 Å². The number of hydrazine groups is 1. The number of imidazole rings is 1. The van der Waals surface area contributed by atoms with Gasteiger partial charge in [-0.15, -0.1) is 0 Å². The Labute approximate surface area is 145 Å². The molecule has 0 aliphatic heterocycles. The largest absolute Gasteiger partial charge is 0.328 e. The van der Waals surface area contributed by atoms with Gasteiger partial charge >= 0.3 is 11.8 Å². The Kier molecular flexibility index (Phi) is 4.38. The van der Waals surface area contributed by atoms with Gasteiger partial charge in [0.1, 0.15) is 0 Å². The zero-order valence-electron chi connectivity index (χ0n) is 14.3. The molecule has 0 bridgehead atoms. The van der Waals surface area contributed by atoms with Crippen LogP contribution in [0.3, 0.4) is 0 Å². The van der Waals surface area contributed by atoms with Crippen LogP contribution in [-0.2, 0) is 9.59 Å². The lowest BCUT2D eigenvalue weighted by atomic mass is 10.1. The SMILES string of the molecule is Cc1ccc(NC(=O)C(=O)NN(C)c2nc3ccccc3[nH]2)cc1C. The van der Waals surface area contributed by atoms with Crippen molar-refractivity contribution in [3.63, 3.8) is 0 Å². The molecule has 0 spiro atoms. The maximum Gasteiger partial charge on any atom is 0.328 e. The van der Waals surface area contributed by atoms with Gasteiger partial charge in [0.2, 0.25) is 5.95 Å². The molecule has 3 N–H and O–H groups in total. The second kappa shape index (κ2) is 6.64. The van der Waals surface area contributed by atoms with E-state index < -0.39 is 11.8 Å². The Morgan fingerprint density at radius 2 is 1.80 bits per heavy atom. The van der Waals surface area contributed by atoms with Gasteiger partial charge in [-0.2, -0.15) is 0 Å². The van der Waals surface area contributed by atoms with Crippen LogP contribution >= 0.6 is 0 Å². The highest BCUT2D eigenvalue weighted by molar-refractivity contribution is 6.39. The molecule has 2 aromatic carbocycles. The molecule has 0 aliphatic rings. The molecule has 128 valence electrons. The molecule has 25 heavy (non-hydrogen) atoms. The second-order valence-corrected chi connectivity index (χ2v) is 5.83. The molecule has 0 aliphatic carbocycles. The van der Waals surface area contributed by atoms with E-state index >= 15 is 0 Å². The van der Waals surface area contributed by atoms with Crippen LogP contribution in [0, 0.1) is 13.8 Å². The van der Waals surface area contributed by atoms with Crippen molar-refractivity contribution in [3.05, 3.63) is 53.6 Å². The van der Waals surface area contributed by atoms with Gasteiger partial charge in [-0.3, -0.25) is 20.0 Å². The molecule has 3 rings (SSSR count). The lowest BCUT2D eigenvalue weighted by Crippen LogP contribution is -2.45. The van der Waals surface area contributed by atoms with Crippen LogP contribution in [0.5, 0.6) is 0 Å². The van der Waals surface area contributed by atoms with Crippen molar-refractivity contribution >= 4 is 34.5 Å². The van der Waals surface area contributed by atoms with Crippen molar-refractivity contribution in [1.82, 2.24) is 15.4 Å². The zero-order valence-corrected chi connectivity index (χ0v) is 14.3. The monoisotopic (exact) mass is 337 g/mol. The van der Waals surface area contributed by atoms with Crippen molar-refractivity contribution in [2.45, 2.75) is 13.8 Å². The normalized spacial score (nSPS) is 10.5. The number of aryl methyl sites for hydroxylation is 2. The van der Waals surface area contributed by atoms with E-state index in [0.717, 1.165) is 22.2 Å². The fourth-order valence-corrected chi connectivity index (χ4v) is 2.36. The van der Waals surface area contributed by atoms with Crippen LogP contribution in [-0.4, -0.2) is 28.8 Å². The first-order valence-electron chi connectivity index (χ1n) is 7.82. The zero-order chi connectivity index (χ0) is 18.0. The number of hydrogen-bond acceptors (Lipinski definition) is 4. The van der Waals surface area contributed by atoms with Gasteiger partial charge < -0.3 is 10.3 Å². The van der Waals surface area contributed by atoms with Gasteiger partial charge in [-0.05, 0) is 49.2 Å². The highest BCUT2D eigenvalue weighted by Crippen LogP contribution is 2.15. The summed E-state index contributed by atoms with van der Waals surface area (Å²) in [7, 11) is 1.61. The quantitative estimate of drug-likeness (QED) is 0.505. The van der Waals surface area contributed by atoms with Crippen LogP contribution < -0.4 is 15.8 Å². The number of anilines is 2. The van der Waals surface area contributed by atoms with E-state index in [4.69, 9.17) is 0 Å². The summed E-state index contributed by atoms with van der Waals surface area (Å²) in [6, 6.07) is 13.0. The number of carbonyl (C=O) groups is 2. The van der Waals surface area contributed by atoms with E-state index in [1.54, 1.807) is 13.1 Å². The minimum Gasteiger partial charge on any atom is -0.323 e. The Morgan fingerprint density at radius 3 is 2.52 bits per heavy atom. The molecule has 3 aromatic rings. The van der Waals surface area contributed by atoms with E-state index in [9.17, 15) is 9.59 Å². The van der Waals surface area contributed by atoms with Gasteiger partial charge in [0, 0.05) is 12.7 Å². The lowest BCUT2D eigenvalue weighted by Gasteiger charge is -2.16. The first-order chi connectivity index (χ1) is 11.9. The number of nitrogens with one attached hydrogen (secondary N) is 3. The molecular formula is C18H19N5O2. The molecule has 0 saturated heterocycles. The minimum absolute atomic E-state index is 0.438. The van der Waals surface area contributed by atoms with Crippen molar-refractivity contribution < 1.29 is 9.59 Å². The van der Waals surface area contributed by atoms with E-state index in [1.807, 2.05) is 50.2 Å². The van der Waals surface area contributed by atoms with Crippen LogP contribution in [0.25, 0.3) is 11.0 Å². The molecular weight excluding hydrogens is 318 g/mol. The minimum atomic E-state index is -0.777. The Morgan fingerprint density at radius 1 is 1.04 bits per heavy atom. The molecule has 2 amide bonds. The number of rotatable bonds is 3. The van der Waals surface area contributed by atoms with E-state index in [-0.39, 0.29) is 0 Å². The predicted octanol–water partition coefficient (Wildman–Crippen LogP) is 2.29. The van der Waals surface area contributed by atoms with Crippen LogP contribution in [0.4, 0.5) is 11.6 Å². The van der Waals surface area contributed by atoms with Crippen molar-refractivity contribution in [1.29, 1.82) is 0 Å². The molecule has 7 nitrogen and oxygen atoms in total. The number of H-pyrrole nitrogens is 1. The Balaban J connectivity index is 1.65. The van der Waals surface area contributed by atoms with Crippen molar-refractivity contribution in [3.8, 4) is 0 Å². The lowest BCUT2D eigenvalue weighted by molar-refractivity contribution is -0.136. The van der Waals surface area contributed by atoms with E-state index in [2.05, 4.69) is 20.7 Å².